The largest absolute Gasteiger partial charge is 0.508 e. The van der Waals surface area contributed by atoms with Gasteiger partial charge in [0.1, 0.15) is 10.1 Å². The second kappa shape index (κ2) is 8.16. The molecule has 1 aliphatic heterocycles. The van der Waals surface area contributed by atoms with E-state index < -0.39 is 0 Å². The van der Waals surface area contributed by atoms with E-state index in [2.05, 4.69) is 5.32 Å². The van der Waals surface area contributed by atoms with Gasteiger partial charge in [0.2, 0.25) is 5.91 Å². The minimum atomic E-state index is -0.253. The number of nitrogens with one attached hydrogen (secondary N) is 1. The molecule has 132 valence electrons. The highest BCUT2D eigenvalue weighted by atomic mass is 32.2. The first kappa shape index (κ1) is 18.2. The zero-order chi connectivity index (χ0) is 18.5. The number of amides is 2. The first-order chi connectivity index (χ1) is 12.5. The van der Waals surface area contributed by atoms with E-state index >= 15 is 0 Å². The van der Waals surface area contributed by atoms with Crippen molar-refractivity contribution >= 4 is 51.9 Å². The summed E-state index contributed by atoms with van der Waals surface area (Å²) in [5, 5.41) is 12.1. The van der Waals surface area contributed by atoms with E-state index in [1.807, 2.05) is 30.3 Å². The summed E-state index contributed by atoms with van der Waals surface area (Å²) in [6.45, 7) is 0.210. The van der Waals surface area contributed by atoms with Crippen LogP contribution in [0.3, 0.4) is 0 Å². The molecule has 3 rings (SSSR count). The van der Waals surface area contributed by atoms with Gasteiger partial charge in [-0.25, -0.2) is 0 Å². The summed E-state index contributed by atoms with van der Waals surface area (Å²) in [7, 11) is 0. The maximum absolute atomic E-state index is 12.5. The zero-order valence-electron chi connectivity index (χ0n) is 13.7. The summed E-state index contributed by atoms with van der Waals surface area (Å²) in [5.74, 6) is -0.364. The minimum absolute atomic E-state index is 0.0748. The number of thiocarbonyl (C=S) groups is 1. The Kier molecular flexibility index (Phi) is 5.70. The smallest absolute Gasteiger partial charge is 0.266 e. The molecule has 2 amide bonds. The molecule has 2 aromatic rings. The Hall–Kier alpha value is -2.64. The zero-order valence-corrected chi connectivity index (χ0v) is 15.3. The molecule has 0 unspecified atom stereocenters. The van der Waals surface area contributed by atoms with Crippen molar-refractivity contribution in [2.75, 3.05) is 11.9 Å². The Labute approximate surface area is 160 Å². The van der Waals surface area contributed by atoms with Crippen LogP contribution in [0.2, 0.25) is 0 Å². The predicted molar refractivity (Wildman–Crippen MR) is 108 cm³/mol. The van der Waals surface area contributed by atoms with Crippen molar-refractivity contribution in [1.29, 1.82) is 0 Å². The first-order valence-electron chi connectivity index (χ1n) is 7.92. The molecule has 7 heteroatoms. The van der Waals surface area contributed by atoms with Gasteiger partial charge in [0.05, 0.1) is 4.91 Å². The van der Waals surface area contributed by atoms with Gasteiger partial charge in [-0.3, -0.25) is 14.5 Å². The number of carbonyl (C=O) groups excluding carboxylic acids is 2. The summed E-state index contributed by atoms with van der Waals surface area (Å²) >= 11 is 6.51. The topological polar surface area (TPSA) is 69.6 Å². The van der Waals surface area contributed by atoms with Crippen LogP contribution in [0.25, 0.3) is 6.08 Å². The number of phenolic OH excluding ortho intramolecular Hbond substituents is 1. The highest BCUT2D eigenvalue weighted by Crippen LogP contribution is 2.32. The molecule has 0 radical (unpaired) electrons. The van der Waals surface area contributed by atoms with Gasteiger partial charge in [0, 0.05) is 24.7 Å². The Morgan fingerprint density at radius 1 is 1.19 bits per heavy atom. The molecule has 5 nitrogen and oxygen atoms in total. The molecule has 1 heterocycles. The molecule has 0 aliphatic carbocycles. The summed E-state index contributed by atoms with van der Waals surface area (Å²) < 4.78 is 0.447. The Bertz CT molecular complexity index is 881. The number of benzene rings is 2. The van der Waals surface area contributed by atoms with E-state index in [4.69, 9.17) is 12.2 Å². The van der Waals surface area contributed by atoms with Crippen LogP contribution in [0.5, 0.6) is 5.75 Å². The lowest BCUT2D eigenvalue weighted by Gasteiger charge is -2.14. The molecule has 0 spiro atoms. The number of hydrogen-bond donors (Lipinski definition) is 2. The van der Waals surface area contributed by atoms with E-state index in [9.17, 15) is 14.7 Å². The molecule has 1 saturated heterocycles. The maximum Gasteiger partial charge on any atom is 0.266 e. The highest BCUT2D eigenvalue weighted by Gasteiger charge is 2.32. The lowest BCUT2D eigenvalue weighted by Crippen LogP contribution is -2.31. The van der Waals surface area contributed by atoms with Crippen LogP contribution in [-0.2, 0) is 9.59 Å². The average molecular weight is 384 g/mol. The van der Waals surface area contributed by atoms with Crippen LogP contribution in [0.4, 0.5) is 5.69 Å². The summed E-state index contributed by atoms with van der Waals surface area (Å²) in [6, 6.07) is 15.8. The molecule has 26 heavy (non-hydrogen) atoms. The van der Waals surface area contributed by atoms with Crippen molar-refractivity contribution < 1.29 is 14.7 Å². The highest BCUT2D eigenvalue weighted by molar-refractivity contribution is 8.26. The second-order valence-electron chi connectivity index (χ2n) is 5.59. The fraction of sp³-hybridized carbons (Fsp3) is 0.105. The molecule has 0 bridgehead atoms. The molecule has 0 aromatic heterocycles. The van der Waals surface area contributed by atoms with Crippen LogP contribution in [0.1, 0.15) is 12.0 Å². The summed E-state index contributed by atoms with van der Waals surface area (Å²) in [6.07, 6.45) is 1.91. The van der Waals surface area contributed by atoms with Crippen molar-refractivity contribution in [2.45, 2.75) is 6.42 Å². The molecule has 0 atom stereocenters. The van der Waals surface area contributed by atoms with Crippen molar-refractivity contribution in [1.82, 2.24) is 4.90 Å². The number of phenols is 1. The Morgan fingerprint density at radius 2 is 1.96 bits per heavy atom. The van der Waals surface area contributed by atoms with Crippen molar-refractivity contribution in [3.05, 3.63) is 65.1 Å². The normalized spacial score (nSPS) is 15.5. The van der Waals surface area contributed by atoms with Gasteiger partial charge < -0.3 is 10.4 Å². The van der Waals surface area contributed by atoms with E-state index in [1.165, 1.54) is 28.8 Å². The van der Waals surface area contributed by atoms with Crippen LogP contribution in [0, 0.1) is 0 Å². The fourth-order valence-electron chi connectivity index (χ4n) is 2.41. The quantitative estimate of drug-likeness (QED) is 0.609. The number of hydrogen-bond acceptors (Lipinski definition) is 5. The standard InChI is InChI=1S/C19H16N2O3S2/c22-15-8-4-7-14(12-15)20-17(23)9-10-21-18(24)16(26-19(21)25)11-13-5-2-1-3-6-13/h1-8,11-12,22H,9-10H2,(H,20,23)/b16-11-. The van der Waals surface area contributed by atoms with E-state index in [-0.39, 0.29) is 30.5 Å². The molecule has 1 fully saturated rings. The second-order valence-corrected chi connectivity index (χ2v) is 7.27. The number of rotatable bonds is 5. The Balaban J connectivity index is 1.59. The molecule has 2 N–H and O–H groups in total. The van der Waals surface area contributed by atoms with Gasteiger partial charge in [-0.15, -0.1) is 0 Å². The predicted octanol–water partition coefficient (Wildman–Crippen LogP) is 3.62. The third kappa shape index (κ3) is 4.50. The van der Waals surface area contributed by atoms with Gasteiger partial charge >= 0.3 is 0 Å². The molecule has 2 aromatic carbocycles. The summed E-state index contributed by atoms with van der Waals surface area (Å²) in [4.78, 5) is 26.6. The van der Waals surface area contributed by atoms with Gasteiger partial charge in [-0.05, 0) is 23.8 Å². The maximum atomic E-state index is 12.5. The summed E-state index contributed by atoms with van der Waals surface area (Å²) in [5.41, 5.74) is 1.43. The molecule has 1 aliphatic rings. The van der Waals surface area contributed by atoms with Gasteiger partial charge in [0.15, 0.2) is 0 Å². The number of aromatic hydroxyl groups is 1. The van der Waals surface area contributed by atoms with Crippen LogP contribution >= 0.6 is 24.0 Å². The van der Waals surface area contributed by atoms with Crippen LogP contribution in [-0.4, -0.2) is 32.7 Å². The van der Waals surface area contributed by atoms with Crippen LogP contribution < -0.4 is 5.32 Å². The van der Waals surface area contributed by atoms with Gasteiger partial charge in [-0.1, -0.05) is 60.4 Å². The van der Waals surface area contributed by atoms with Crippen molar-refractivity contribution in [2.24, 2.45) is 0 Å². The fourth-order valence-corrected chi connectivity index (χ4v) is 3.72. The van der Waals surface area contributed by atoms with E-state index in [0.717, 1.165) is 5.56 Å². The third-order valence-electron chi connectivity index (χ3n) is 3.66. The SMILES string of the molecule is O=C(CCN1C(=O)/C(=C/c2ccccc2)SC1=S)Nc1cccc(O)c1. The number of anilines is 1. The average Bonchev–Trinajstić information content (AvgIpc) is 2.87. The molecule has 0 saturated carbocycles. The first-order valence-corrected chi connectivity index (χ1v) is 9.15. The van der Waals surface area contributed by atoms with E-state index in [0.29, 0.717) is 14.9 Å². The number of thioether (sulfide) groups is 1. The number of carbonyl (C=O) groups is 2. The molecular formula is C19H16N2O3S2. The minimum Gasteiger partial charge on any atom is -0.508 e. The lowest BCUT2D eigenvalue weighted by molar-refractivity contribution is -0.122. The Morgan fingerprint density at radius 3 is 2.69 bits per heavy atom. The number of nitrogens with zero attached hydrogens (tertiary/aromatic N) is 1. The lowest BCUT2D eigenvalue weighted by atomic mass is 10.2. The molecular weight excluding hydrogens is 368 g/mol. The van der Waals surface area contributed by atoms with Gasteiger partial charge in [-0.2, -0.15) is 0 Å². The van der Waals surface area contributed by atoms with Gasteiger partial charge in [0.25, 0.3) is 5.91 Å². The van der Waals surface area contributed by atoms with E-state index in [1.54, 1.807) is 18.2 Å². The third-order valence-corrected chi connectivity index (χ3v) is 5.04. The van der Waals surface area contributed by atoms with Crippen molar-refractivity contribution in [3.8, 4) is 5.75 Å². The van der Waals surface area contributed by atoms with Crippen LogP contribution in [0.15, 0.2) is 59.5 Å². The van der Waals surface area contributed by atoms with Crippen molar-refractivity contribution in [3.63, 3.8) is 0 Å². The monoisotopic (exact) mass is 384 g/mol.